The van der Waals surface area contributed by atoms with Gasteiger partial charge in [0.1, 0.15) is 22.8 Å². The van der Waals surface area contributed by atoms with Crippen LogP contribution in [-0.2, 0) is 0 Å². The third-order valence-corrected chi connectivity index (χ3v) is 3.54. The van der Waals surface area contributed by atoms with Crippen LogP contribution >= 0.6 is 0 Å². The Labute approximate surface area is 146 Å². The van der Waals surface area contributed by atoms with E-state index in [2.05, 4.69) is 24.3 Å². The summed E-state index contributed by atoms with van der Waals surface area (Å²) in [5.41, 5.74) is -0.0565. The van der Waals surface area contributed by atoms with Crippen molar-refractivity contribution < 1.29 is 23.6 Å². The van der Waals surface area contributed by atoms with Gasteiger partial charge < -0.3 is 19.3 Å². The van der Waals surface area contributed by atoms with Gasteiger partial charge in [-0.3, -0.25) is 4.79 Å². The van der Waals surface area contributed by atoms with Crippen molar-refractivity contribution in [2.45, 2.75) is 27.2 Å². The molecule has 0 bridgehead atoms. The number of ether oxygens (including phenoxy) is 2. The van der Waals surface area contributed by atoms with Gasteiger partial charge in [0.15, 0.2) is 0 Å². The molecule has 2 rings (SSSR count). The Bertz CT molecular complexity index is 752. The van der Waals surface area contributed by atoms with Gasteiger partial charge in [0.05, 0.1) is 7.11 Å². The second-order valence-electron chi connectivity index (χ2n) is 5.97. The fourth-order valence-corrected chi connectivity index (χ4v) is 2.16. The summed E-state index contributed by atoms with van der Waals surface area (Å²) in [6, 6.07) is 6.59. The molecule has 134 valence electrons. The monoisotopic (exact) mass is 346 g/mol. The second kappa shape index (κ2) is 8.32. The van der Waals surface area contributed by atoms with E-state index in [9.17, 15) is 9.59 Å². The second-order valence-corrected chi connectivity index (χ2v) is 5.97. The molecule has 0 saturated heterocycles. The molecule has 0 saturated carbocycles. The lowest BCUT2D eigenvalue weighted by molar-refractivity contribution is 0.0718. The van der Waals surface area contributed by atoms with Gasteiger partial charge in [0.25, 0.3) is 5.91 Å². The Hall–Kier alpha value is -2.83. The van der Waals surface area contributed by atoms with Crippen LogP contribution in [0.4, 0.5) is 0 Å². The van der Waals surface area contributed by atoms with Crippen LogP contribution < -0.4 is 14.8 Å². The van der Waals surface area contributed by atoms with E-state index in [1.807, 2.05) is 0 Å². The van der Waals surface area contributed by atoms with Crippen molar-refractivity contribution in [2.75, 3.05) is 13.7 Å². The first-order valence-electron chi connectivity index (χ1n) is 8.03. The van der Waals surface area contributed by atoms with E-state index in [4.69, 9.17) is 14.0 Å². The van der Waals surface area contributed by atoms with E-state index < -0.39 is 11.9 Å². The van der Waals surface area contributed by atoms with Crippen LogP contribution in [-0.4, -0.2) is 30.7 Å². The lowest BCUT2D eigenvalue weighted by atomic mass is 10.1. The number of nitrogens with one attached hydrogen (secondary N) is 1. The highest BCUT2D eigenvalue weighted by Crippen LogP contribution is 2.21. The fourth-order valence-electron chi connectivity index (χ4n) is 2.16. The summed E-state index contributed by atoms with van der Waals surface area (Å²) in [5.74, 6) is 0.390. The van der Waals surface area contributed by atoms with Crippen molar-refractivity contribution in [1.29, 1.82) is 0 Å². The van der Waals surface area contributed by atoms with Gasteiger partial charge >= 0.3 is 5.97 Å². The first-order chi connectivity index (χ1) is 11.9. The van der Waals surface area contributed by atoms with Gasteiger partial charge in [-0.05, 0) is 31.4 Å². The Balaban J connectivity index is 2.13. The van der Waals surface area contributed by atoms with E-state index in [0.717, 1.165) is 6.42 Å². The maximum atomic E-state index is 12.4. The lowest BCUT2D eigenvalue weighted by Crippen LogP contribution is -2.27. The first-order valence-corrected chi connectivity index (χ1v) is 8.03. The molecule has 0 spiro atoms. The van der Waals surface area contributed by atoms with E-state index in [-0.39, 0.29) is 22.8 Å². The van der Waals surface area contributed by atoms with E-state index in [1.165, 1.54) is 7.11 Å². The Morgan fingerprint density at radius 2 is 2.00 bits per heavy atom. The van der Waals surface area contributed by atoms with E-state index in [1.54, 1.807) is 31.2 Å². The first kappa shape index (κ1) is 18.5. The number of carbonyl (C=O) groups excluding carboxylic acids is 2. The number of benzene rings is 1. The molecule has 0 radical (unpaired) electrons. The summed E-state index contributed by atoms with van der Waals surface area (Å²) in [5, 5.41) is 6.44. The molecule has 7 nitrogen and oxygen atoms in total. The molecule has 0 atom stereocenters. The third-order valence-electron chi connectivity index (χ3n) is 3.54. The summed E-state index contributed by atoms with van der Waals surface area (Å²) >= 11 is 0. The summed E-state index contributed by atoms with van der Waals surface area (Å²) in [6.07, 6.45) is 0.833. The van der Waals surface area contributed by atoms with Gasteiger partial charge in [0, 0.05) is 12.6 Å². The zero-order valence-corrected chi connectivity index (χ0v) is 14.8. The van der Waals surface area contributed by atoms with Crippen molar-refractivity contribution >= 4 is 11.9 Å². The zero-order valence-electron chi connectivity index (χ0n) is 14.8. The molecule has 1 amide bonds. The number of hydrogen-bond acceptors (Lipinski definition) is 6. The van der Waals surface area contributed by atoms with Gasteiger partial charge in [-0.1, -0.05) is 25.1 Å². The summed E-state index contributed by atoms with van der Waals surface area (Å²) in [7, 11) is 1.52. The molecule has 0 aliphatic rings. The largest absolute Gasteiger partial charge is 0.497 e. The number of aromatic nitrogens is 1. The van der Waals surface area contributed by atoms with Crippen LogP contribution in [0, 0.1) is 12.8 Å². The number of amides is 1. The zero-order chi connectivity index (χ0) is 18.4. The molecule has 1 N–H and O–H groups in total. The maximum absolute atomic E-state index is 12.4. The van der Waals surface area contributed by atoms with Gasteiger partial charge in [0.2, 0.25) is 5.69 Å². The number of carbonyl (C=O) groups is 2. The minimum Gasteiger partial charge on any atom is -0.497 e. The average Bonchev–Trinajstić information content (AvgIpc) is 2.96. The Morgan fingerprint density at radius 3 is 2.68 bits per heavy atom. The molecule has 1 aromatic heterocycles. The number of methoxy groups -OCH3 is 1. The molecule has 1 heterocycles. The Kier molecular flexibility index (Phi) is 6.16. The number of hydrogen-bond donors (Lipinski definition) is 1. The van der Waals surface area contributed by atoms with E-state index in [0.29, 0.717) is 18.2 Å². The minimum atomic E-state index is -0.765. The van der Waals surface area contributed by atoms with Crippen LogP contribution in [0.2, 0.25) is 0 Å². The highest BCUT2D eigenvalue weighted by Gasteiger charge is 2.27. The number of nitrogens with zero attached hydrogens (tertiary/aromatic N) is 1. The topological polar surface area (TPSA) is 90.7 Å². The Morgan fingerprint density at radius 1 is 1.28 bits per heavy atom. The van der Waals surface area contributed by atoms with Gasteiger partial charge in [-0.15, -0.1) is 0 Å². The maximum Gasteiger partial charge on any atom is 0.366 e. The van der Waals surface area contributed by atoms with Crippen molar-refractivity contribution in [2.24, 2.45) is 5.92 Å². The van der Waals surface area contributed by atoms with Crippen LogP contribution in [0.1, 0.15) is 46.9 Å². The van der Waals surface area contributed by atoms with Crippen LogP contribution in [0.3, 0.4) is 0 Å². The number of aryl methyl sites for hydroxylation is 1. The van der Waals surface area contributed by atoms with Crippen LogP contribution in [0.5, 0.6) is 11.5 Å². The molecule has 25 heavy (non-hydrogen) atoms. The molecular weight excluding hydrogens is 324 g/mol. The molecule has 0 fully saturated rings. The number of esters is 1. The predicted octanol–water partition coefficient (Wildman–Crippen LogP) is 2.99. The van der Waals surface area contributed by atoms with Crippen molar-refractivity contribution in [1.82, 2.24) is 10.5 Å². The molecule has 0 unspecified atom stereocenters. The smallest absolute Gasteiger partial charge is 0.366 e. The lowest BCUT2D eigenvalue weighted by Gasteiger charge is -2.08. The van der Waals surface area contributed by atoms with Crippen molar-refractivity contribution in [3.63, 3.8) is 0 Å². The predicted molar refractivity (Wildman–Crippen MR) is 91.0 cm³/mol. The van der Waals surface area contributed by atoms with E-state index >= 15 is 0 Å². The van der Waals surface area contributed by atoms with Gasteiger partial charge in [-0.25, -0.2) is 4.79 Å². The highest BCUT2D eigenvalue weighted by molar-refractivity contribution is 6.05. The fraction of sp³-hybridized carbons (Fsp3) is 0.389. The standard InChI is InChI=1S/C18H22N2O5/c1-11(2)8-9-19-17(21)15-12(3)25-20-16(15)18(22)24-14-7-5-6-13(10-14)23-4/h5-7,10-11H,8-9H2,1-4H3,(H,19,21). The highest BCUT2D eigenvalue weighted by atomic mass is 16.5. The summed E-state index contributed by atoms with van der Waals surface area (Å²) < 4.78 is 15.4. The molecule has 0 aliphatic heterocycles. The molecule has 1 aromatic carbocycles. The van der Waals surface area contributed by atoms with Gasteiger partial charge in [-0.2, -0.15) is 0 Å². The summed E-state index contributed by atoms with van der Waals surface area (Å²) in [4.78, 5) is 24.7. The van der Waals surface area contributed by atoms with Crippen LogP contribution in [0.25, 0.3) is 0 Å². The van der Waals surface area contributed by atoms with Crippen LogP contribution in [0.15, 0.2) is 28.8 Å². The normalized spacial score (nSPS) is 10.6. The molecule has 7 heteroatoms. The quantitative estimate of drug-likeness (QED) is 0.612. The summed E-state index contributed by atoms with van der Waals surface area (Å²) in [6.45, 7) is 6.21. The third kappa shape index (κ3) is 4.82. The molecule has 2 aromatic rings. The molecule has 0 aliphatic carbocycles. The van der Waals surface area contributed by atoms with Crippen molar-refractivity contribution in [3.05, 3.63) is 41.3 Å². The average molecular weight is 346 g/mol. The SMILES string of the molecule is COc1cccc(OC(=O)c2noc(C)c2C(=O)NCCC(C)C)c1. The minimum absolute atomic E-state index is 0.0941. The molecular formula is C18H22N2O5. The number of rotatable bonds is 7. The van der Waals surface area contributed by atoms with Crippen molar-refractivity contribution in [3.8, 4) is 11.5 Å².